The number of likely N-dealkylation sites (tertiary alicyclic amines) is 2. The molecule has 2 aromatic heterocycles. The van der Waals surface area contributed by atoms with Crippen LogP contribution in [0.2, 0.25) is 10.0 Å². The first-order valence-corrected chi connectivity index (χ1v) is 19.0. The van der Waals surface area contributed by atoms with Crippen LogP contribution >= 0.6 is 23.2 Å². The molecule has 2 aliphatic heterocycles. The minimum atomic E-state index is -0.254. The van der Waals surface area contributed by atoms with Crippen molar-refractivity contribution in [3.8, 4) is 5.75 Å². The number of amides is 1. The van der Waals surface area contributed by atoms with Gasteiger partial charge in [-0.15, -0.1) is 0 Å². The van der Waals surface area contributed by atoms with Crippen molar-refractivity contribution in [1.29, 1.82) is 0 Å². The van der Waals surface area contributed by atoms with E-state index in [-0.39, 0.29) is 29.1 Å². The fourth-order valence-corrected chi connectivity index (χ4v) is 8.13. The zero-order valence-corrected chi connectivity index (χ0v) is 31.3. The zero-order chi connectivity index (χ0) is 36.2. The van der Waals surface area contributed by atoms with Gasteiger partial charge in [0.15, 0.2) is 5.82 Å². The Morgan fingerprint density at radius 2 is 1.73 bits per heavy atom. The van der Waals surface area contributed by atoms with E-state index in [1.165, 1.54) is 0 Å². The Kier molecular flexibility index (Phi) is 11.0. The Labute approximate surface area is 315 Å². The number of carbonyl (C=O) groups excluding carboxylic acids is 2. The summed E-state index contributed by atoms with van der Waals surface area (Å²) in [5.74, 6) is 1.41. The molecule has 1 unspecified atom stereocenters. The molecular weight excluding hydrogens is 693 g/mol. The monoisotopic (exact) mass is 737 g/mol. The molecular formula is C42H45Cl2N5O3. The molecule has 7 rings (SSSR count). The molecule has 5 aromatic rings. The lowest BCUT2D eigenvalue weighted by molar-refractivity contribution is -0.129. The molecule has 270 valence electrons. The maximum Gasteiger partial charge on any atom is 0.227 e. The SMILES string of the molecule is CC(C)Oc1cccc(CC(=O)N2CCC(CCN3CCC(C(=O)c4nc5ccccc5n4Cc4ccccn4)CC3)(c3ccc(Cl)c(Cl)c3)C2)c1. The van der Waals surface area contributed by atoms with E-state index < -0.39 is 0 Å². The summed E-state index contributed by atoms with van der Waals surface area (Å²) in [5, 5.41) is 1.05. The molecule has 0 spiro atoms. The van der Waals surface area contributed by atoms with E-state index in [9.17, 15) is 9.59 Å². The number of carbonyl (C=O) groups is 2. The zero-order valence-electron chi connectivity index (χ0n) is 29.8. The number of ether oxygens (including phenoxy) is 1. The van der Waals surface area contributed by atoms with Gasteiger partial charge in [-0.25, -0.2) is 4.98 Å². The number of hydrogen-bond acceptors (Lipinski definition) is 6. The molecule has 0 aliphatic carbocycles. The van der Waals surface area contributed by atoms with Crippen LogP contribution in [0.5, 0.6) is 5.75 Å². The number of hydrogen-bond donors (Lipinski definition) is 0. The van der Waals surface area contributed by atoms with Gasteiger partial charge in [0.05, 0.1) is 45.8 Å². The highest BCUT2D eigenvalue weighted by molar-refractivity contribution is 6.42. The van der Waals surface area contributed by atoms with Crippen LogP contribution in [0.4, 0.5) is 0 Å². The van der Waals surface area contributed by atoms with Crippen molar-refractivity contribution in [1.82, 2.24) is 24.3 Å². The smallest absolute Gasteiger partial charge is 0.227 e. The van der Waals surface area contributed by atoms with Gasteiger partial charge in [-0.1, -0.05) is 59.6 Å². The number of aromatic nitrogens is 3. The summed E-state index contributed by atoms with van der Waals surface area (Å²) in [6.45, 7) is 8.29. The predicted molar refractivity (Wildman–Crippen MR) is 206 cm³/mol. The van der Waals surface area contributed by atoms with Gasteiger partial charge in [0.1, 0.15) is 5.75 Å². The second-order valence-electron chi connectivity index (χ2n) is 14.5. The quantitative estimate of drug-likeness (QED) is 0.120. The maximum absolute atomic E-state index is 14.1. The summed E-state index contributed by atoms with van der Waals surface area (Å²) in [6, 6.07) is 27.5. The van der Waals surface area contributed by atoms with Crippen molar-refractivity contribution < 1.29 is 14.3 Å². The topological polar surface area (TPSA) is 80.6 Å². The second-order valence-corrected chi connectivity index (χ2v) is 15.3. The van der Waals surface area contributed by atoms with Crippen molar-refractivity contribution in [3.05, 3.63) is 124 Å². The standard InChI is InChI=1S/C42H45Cl2N5O3/c1-29(2)52-34-10-7-8-30(24-34)25-39(50)48-23-18-42(28-48,32-13-14-35(43)36(44)26-32)17-22-47-20-15-31(16-21-47)40(51)41-46-37-11-3-4-12-38(37)49(41)27-33-9-5-6-19-45-33/h3-14,19,24,26,29,31H,15-18,20-23,25,27-28H2,1-2H3. The lowest BCUT2D eigenvalue weighted by Gasteiger charge is -2.36. The third kappa shape index (κ3) is 8.04. The van der Waals surface area contributed by atoms with Crippen molar-refractivity contribution >= 4 is 45.9 Å². The maximum atomic E-state index is 14.1. The van der Waals surface area contributed by atoms with E-state index in [4.69, 9.17) is 32.9 Å². The first kappa shape index (κ1) is 36.1. The van der Waals surface area contributed by atoms with Crippen molar-refractivity contribution in [2.45, 2.75) is 64.0 Å². The van der Waals surface area contributed by atoms with Crippen molar-refractivity contribution in [2.75, 3.05) is 32.7 Å². The van der Waals surface area contributed by atoms with E-state index in [2.05, 4.69) is 16.0 Å². The summed E-state index contributed by atoms with van der Waals surface area (Å²) in [4.78, 5) is 41.5. The number of piperidine rings is 1. The number of benzene rings is 3. The third-order valence-corrected chi connectivity index (χ3v) is 11.4. The van der Waals surface area contributed by atoms with Crippen LogP contribution < -0.4 is 4.74 Å². The Hall–Kier alpha value is -4.24. The molecule has 3 aromatic carbocycles. The number of ketones is 1. The van der Waals surface area contributed by atoms with Gasteiger partial charge in [-0.2, -0.15) is 0 Å². The van der Waals surface area contributed by atoms with Crippen molar-refractivity contribution in [3.63, 3.8) is 0 Å². The minimum absolute atomic E-state index is 0.0650. The largest absolute Gasteiger partial charge is 0.491 e. The summed E-state index contributed by atoms with van der Waals surface area (Å²) < 4.78 is 7.89. The summed E-state index contributed by atoms with van der Waals surface area (Å²) >= 11 is 12.9. The number of rotatable bonds is 12. The Morgan fingerprint density at radius 1 is 0.923 bits per heavy atom. The lowest BCUT2D eigenvalue weighted by Crippen LogP contribution is -2.41. The molecule has 2 fully saturated rings. The minimum Gasteiger partial charge on any atom is -0.491 e. The molecule has 0 bridgehead atoms. The van der Waals surface area contributed by atoms with Gasteiger partial charge in [0, 0.05) is 30.6 Å². The summed E-state index contributed by atoms with van der Waals surface area (Å²) in [7, 11) is 0. The average Bonchev–Trinajstić information content (AvgIpc) is 3.75. The van der Waals surface area contributed by atoms with E-state index >= 15 is 0 Å². The van der Waals surface area contributed by atoms with Crippen LogP contribution in [0, 0.1) is 5.92 Å². The summed E-state index contributed by atoms with van der Waals surface area (Å²) in [6.07, 6.45) is 5.42. The molecule has 52 heavy (non-hydrogen) atoms. The van der Waals surface area contributed by atoms with E-state index in [0.29, 0.717) is 41.9 Å². The third-order valence-electron chi connectivity index (χ3n) is 10.7. The first-order chi connectivity index (χ1) is 25.2. The van der Waals surface area contributed by atoms with Crippen LogP contribution in [-0.4, -0.2) is 74.9 Å². The van der Waals surface area contributed by atoms with Gasteiger partial charge < -0.3 is 19.1 Å². The fraction of sp³-hybridized carbons (Fsp3) is 0.381. The molecule has 1 atom stereocenters. The highest BCUT2D eigenvalue weighted by atomic mass is 35.5. The number of fused-ring (bicyclic) bond motifs is 1. The number of Topliss-reactive ketones (excluding diaryl/α,β-unsaturated/α-hetero) is 1. The van der Waals surface area contributed by atoms with Gasteiger partial charge in [-0.05, 0) is 119 Å². The molecule has 0 N–H and O–H groups in total. The molecule has 1 amide bonds. The number of nitrogens with zero attached hydrogens (tertiary/aromatic N) is 5. The normalized spacial score (nSPS) is 18.4. The fourth-order valence-electron chi connectivity index (χ4n) is 7.83. The van der Waals surface area contributed by atoms with E-state index in [1.54, 1.807) is 6.20 Å². The Bertz CT molecular complexity index is 2040. The Balaban J connectivity index is 1.02. The molecule has 10 heteroatoms. The van der Waals surface area contributed by atoms with Gasteiger partial charge >= 0.3 is 0 Å². The van der Waals surface area contributed by atoms with Gasteiger partial charge in [0.2, 0.25) is 11.7 Å². The van der Waals surface area contributed by atoms with E-state index in [0.717, 1.165) is 78.9 Å². The van der Waals surface area contributed by atoms with Crippen LogP contribution in [0.15, 0.2) is 91.1 Å². The highest BCUT2D eigenvalue weighted by Gasteiger charge is 2.42. The van der Waals surface area contributed by atoms with Crippen LogP contribution in [-0.2, 0) is 23.2 Å². The molecule has 8 nitrogen and oxygen atoms in total. The van der Waals surface area contributed by atoms with Crippen molar-refractivity contribution in [2.24, 2.45) is 5.92 Å². The molecule has 4 heterocycles. The lowest BCUT2D eigenvalue weighted by atomic mass is 9.76. The van der Waals surface area contributed by atoms with Crippen LogP contribution in [0.1, 0.15) is 67.0 Å². The number of imidazole rings is 1. The predicted octanol–water partition coefficient (Wildman–Crippen LogP) is 8.27. The number of pyridine rings is 1. The first-order valence-electron chi connectivity index (χ1n) is 18.3. The van der Waals surface area contributed by atoms with Gasteiger partial charge in [0.25, 0.3) is 0 Å². The second kappa shape index (κ2) is 15.8. The van der Waals surface area contributed by atoms with E-state index in [1.807, 2.05) is 102 Å². The average molecular weight is 739 g/mol. The van der Waals surface area contributed by atoms with Crippen LogP contribution in [0.3, 0.4) is 0 Å². The molecule has 2 aliphatic rings. The van der Waals surface area contributed by atoms with Crippen LogP contribution in [0.25, 0.3) is 11.0 Å². The Morgan fingerprint density at radius 3 is 2.50 bits per heavy atom. The highest BCUT2D eigenvalue weighted by Crippen LogP contribution is 2.41. The summed E-state index contributed by atoms with van der Waals surface area (Å²) in [5.41, 5.74) is 4.46. The molecule has 0 radical (unpaired) electrons. The number of halogens is 2. The van der Waals surface area contributed by atoms with Gasteiger partial charge in [-0.3, -0.25) is 14.6 Å². The molecule has 2 saturated heterocycles. The number of para-hydroxylation sites is 2. The molecule has 0 saturated carbocycles.